The zero-order valence-corrected chi connectivity index (χ0v) is 20.3. The Labute approximate surface area is 202 Å². The summed E-state index contributed by atoms with van der Waals surface area (Å²) in [6.07, 6.45) is 4.63. The van der Waals surface area contributed by atoms with E-state index < -0.39 is 28.8 Å². The maximum atomic E-state index is 13.0. The first-order valence-corrected chi connectivity index (χ1v) is 12.9. The smallest absolute Gasteiger partial charge is 0.339 e. The maximum Gasteiger partial charge on any atom is 0.402 e. The second kappa shape index (κ2) is 9.65. The van der Waals surface area contributed by atoms with E-state index in [4.69, 9.17) is 5.10 Å². The van der Waals surface area contributed by atoms with Crippen molar-refractivity contribution in [3.63, 3.8) is 0 Å². The lowest BCUT2D eigenvalue weighted by atomic mass is 9.95. The van der Waals surface area contributed by atoms with Crippen LogP contribution in [-0.4, -0.2) is 41.6 Å². The van der Waals surface area contributed by atoms with Crippen molar-refractivity contribution in [1.29, 1.82) is 0 Å². The molecule has 8 nitrogen and oxygen atoms in total. The van der Waals surface area contributed by atoms with Crippen LogP contribution in [0.1, 0.15) is 67.9 Å². The summed E-state index contributed by atoms with van der Waals surface area (Å²) in [5.74, 6) is 0.557. The molecule has 1 aliphatic carbocycles. The van der Waals surface area contributed by atoms with E-state index in [1.807, 2.05) is 11.6 Å². The Morgan fingerprint density at radius 1 is 1.20 bits per heavy atom. The first-order valence-electron chi connectivity index (χ1n) is 11.5. The summed E-state index contributed by atoms with van der Waals surface area (Å²) in [7, 11) is -4.24. The SMILES string of the molecule is Cc1c(Nc2ccc3c(c2)C(C)N(CC(F)(F)F)S3(=O)=O)nn(C2CCCCC2)c1/C=C\NC=O. The van der Waals surface area contributed by atoms with E-state index in [1.165, 1.54) is 31.7 Å². The molecule has 1 unspecified atom stereocenters. The predicted octanol–water partition coefficient (Wildman–Crippen LogP) is 4.78. The van der Waals surface area contributed by atoms with Gasteiger partial charge in [0.25, 0.3) is 0 Å². The number of amides is 1. The number of aromatic nitrogens is 2. The first-order chi connectivity index (χ1) is 16.5. The van der Waals surface area contributed by atoms with Crippen molar-refractivity contribution < 1.29 is 26.4 Å². The van der Waals surface area contributed by atoms with Crippen LogP contribution in [0.25, 0.3) is 6.08 Å². The molecule has 2 aromatic rings. The first kappa shape index (κ1) is 25.2. The van der Waals surface area contributed by atoms with Gasteiger partial charge in [-0.2, -0.15) is 22.6 Å². The van der Waals surface area contributed by atoms with Gasteiger partial charge in [0.15, 0.2) is 5.82 Å². The Kier molecular flexibility index (Phi) is 6.96. The molecule has 190 valence electrons. The van der Waals surface area contributed by atoms with Crippen LogP contribution < -0.4 is 10.6 Å². The van der Waals surface area contributed by atoms with Crippen molar-refractivity contribution in [1.82, 2.24) is 19.4 Å². The summed E-state index contributed by atoms with van der Waals surface area (Å²) < 4.78 is 66.8. The lowest BCUT2D eigenvalue weighted by molar-refractivity contribution is -0.138. The number of carbonyl (C=O) groups excluding carboxylic acids is 1. The quantitative estimate of drug-likeness (QED) is 0.522. The molecule has 2 heterocycles. The summed E-state index contributed by atoms with van der Waals surface area (Å²) in [6, 6.07) is 3.70. The van der Waals surface area contributed by atoms with Gasteiger partial charge < -0.3 is 10.6 Å². The molecule has 1 aromatic heterocycles. The van der Waals surface area contributed by atoms with E-state index in [1.54, 1.807) is 12.1 Å². The van der Waals surface area contributed by atoms with Crippen LogP contribution >= 0.6 is 0 Å². The summed E-state index contributed by atoms with van der Waals surface area (Å²) in [5.41, 5.74) is 2.50. The third kappa shape index (κ3) is 5.08. The van der Waals surface area contributed by atoms with Crippen LogP contribution in [0.15, 0.2) is 29.3 Å². The minimum absolute atomic E-state index is 0.118. The Morgan fingerprint density at radius 3 is 2.57 bits per heavy atom. The van der Waals surface area contributed by atoms with Crippen molar-refractivity contribution in [3.8, 4) is 0 Å². The molecular weight excluding hydrogens is 483 g/mol. The van der Waals surface area contributed by atoms with Crippen molar-refractivity contribution in [3.05, 3.63) is 41.2 Å². The molecule has 1 fully saturated rings. The molecule has 0 bridgehead atoms. The number of fused-ring (bicyclic) bond motifs is 1. The van der Waals surface area contributed by atoms with Crippen molar-refractivity contribution >= 4 is 34.0 Å². The number of carbonyl (C=O) groups is 1. The fourth-order valence-electron chi connectivity index (χ4n) is 4.83. The second-order valence-electron chi connectivity index (χ2n) is 8.93. The molecular formula is C23H28F3N5O3S. The lowest BCUT2D eigenvalue weighted by Crippen LogP contribution is -2.36. The van der Waals surface area contributed by atoms with Gasteiger partial charge in [-0.15, -0.1) is 0 Å². The zero-order chi connectivity index (χ0) is 25.4. The highest BCUT2D eigenvalue weighted by atomic mass is 32.2. The number of rotatable bonds is 7. The molecule has 1 saturated carbocycles. The predicted molar refractivity (Wildman–Crippen MR) is 125 cm³/mol. The van der Waals surface area contributed by atoms with E-state index in [-0.39, 0.29) is 10.9 Å². The Bertz CT molecular complexity index is 1230. The van der Waals surface area contributed by atoms with Gasteiger partial charge in [0.05, 0.1) is 16.6 Å². The molecule has 4 rings (SSSR count). The Morgan fingerprint density at radius 2 is 1.91 bits per heavy atom. The fourth-order valence-corrected chi connectivity index (χ4v) is 6.70. The fraction of sp³-hybridized carbons (Fsp3) is 0.478. The number of anilines is 2. The number of hydrogen-bond acceptors (Lipinski definition) is 5. The van der Waals surface area contributed by atoms with Crippen molar-refractivity contribution in [2.75, 3.05) is 11.9 Å². The van der Waals surface area contributed by atoms with E-state index in [9.17, 15) is 26.4 Å². The highest BCUT2D eigenvalue weighted by Crippen LogP contribution is 2.42. The molecule has 1 atom stereocenters. The molecule has 1 aliphatic heterocycles. The van der Waals surface area contributed by atoms with Gasteiger partial charge in [-0.25, -0.2) is 8.42 Å². The molecule has 2 N–H and O–H groups in total. The normalized spacial score (nSPS) is 20.8. The van der Waals surface area contributed by atoms with Gasteiger partial charge in [-0.3, -0.25) is 9.48 Å². The summed E-state index contributed by atoms with van der Waals surface area (Å²) in [4.78, 5) is 10.6. The van der Waals surface area contributed by atoms with Gasteiger partial charge in [0, 0.05) is 23.5 Å². The summed E-state index contributed by atoms with van der Waals surface area (Å²) >= 11 is 0. The largest absolute Gasteiger partial charge is 0.402 e. The zero-order valence-electron chi connectivity index (χ0n) is 19.5. The van der Waals surface area contributed by atoms with Gasteiger partial charge in [0.2, 0.25) is 16.4 Å². The number of halogens is 3. The molecule has 1 aromatic carbocycles. The van der Waals surface area contributed by atoms with Crippen molar-refractivity contribution in [2.24, 2.45) is 0 Å². The number of nitrogens with one attached hydrogen (secondary N) is 2. The van der Waals surface area contributed by atoms with Crippen LogP contribution in [0.5, 0.6) is 0 Å². The minimum atomic E-state index is -4.64. The van der Waals surface area contributed by atoms with Gasteiger partial charge in [-0.05, 0) is 56.5 Å². The molecule has 12 heteroatoms. The monoisotopic (exact) mass is 511 g/mol. The maximum absolute atomic E-state index is 13.0. The van der Waals surface area contributed by atoms with Crippen LogP contribution in [0, 0.1) is 6.92 Å². The molecule has 35 heavy (non-hydrogen) atoms. The van der Waals surface area contributed by atoms with Crippen LogP contribution in [0.2, 0.25) is 0 Å². The van der Waals surface area contributed by atoms with E-state index in [0.717, 1.165) is 36.9 Å². The number of benzene rings is 1. The topological polar surface area (TPSA) is 96.3 Å². The van der Waals surface area contributed by atoms with Gasteiger partial charge in [0.1, 0.15) is 6.54 Å². The highest BCUT2D eigenvalue weighted by Gasteiger charge is 2.46. The molecule has 0 radical (unpaired) electrons. The third-order valence-electron chi connectivity index (χ3n) is 6.60. The van der Waals surface area contributed by atoms with E-state index in [0.29, 0.717) is 27.8 Å². The van der Waals surface area contributed by atoms with Crippen LogP contribution in [0.4, 0.5) is 24.7 Å². The summed E-state index contributed by atoms with van der Waals surface area (Å²) in [6.45, 7) is 1.80. The minimum Gasteiger partial charge on any atom is -0.339 e. The average molecular weight is 512 g/mol. The van der Waals surface area contributed by atoms with Crippen molar-refractivity contribution in [2.45, 2.75) is 69.1 Å². The number of sulfonamides is 1. The second-order valence-corrected chi connectivity index (χ2v) is 10.8. The Balaban J connectivity index is 1.66. The van der Waals surface area contributed by atoms with Crippen LogP contribution in [-0.2, 0) is 14.8 Å². The third-order valence-corrected chi connectivity index (χ3v) is 8.59. The van der Waals surface area contributed by atoms with Crippen LogP contribution in [0.3, 0.4) is 0 Å². The van der Waals surface area contributed by atoms with Gasteiger partial charge >= 0.3 is 6.18 Å². The van der Waals surface area contributed by atoms with Gasteiger partial charge in [-0.1, -0.05) is 19.3 Å². The molecule has 0 spiro atoms. The van der Waals surface area contributed by atoms with E-state index in [2.05, 4.69) is 10.6 Å². The number of nitrogens with zero attached hydrogens (tertiary/aromatic N) is 3. The number of hydrogen-bond donors (Lipinski definition) is 2. The lowest BCUT2D eigenvalue weighted by Gasteiger charge is -2.23. The highest BCUT2D eigenvalue weighted by molar-refractivity contribution is 7.89. The standard InChI is InChI=1S/C23H28F3N5O3S/c1-15-20(10-11-27-14-32)31(18-6-4-3-5-7-18)29-22(15)28-17-8-9-21-19(12-17)16(2)30(35(21,33)34)13-23(24,25)26/h8-12,14,16,18H,3-7,13H2,1-2H3,(H,27,32)(H,28,29)/b11-10-. The number of alkyl halides is 3. The molecule has 1 amide bonds. The molecule has 0 saturated heterocycles. The average Bonchev–Trinajstić information content (AvgIpc) is 3.20. The summed E-state index contributed by atoms with van der Waals surface area (Å²) in [5, 5.41) is 10.5. The van der Waals surface area contributed by atoms with E-state index >= 15 is 0 Å². The molecule has 2 aliphatic rings. The Hall–Kier alpha value is -2.86.